The van der Waals surface area contributed by atoms with Crippen molar-refractivity contribution in [3.8, 4) is 0 Å². The largest absolute Gasteiger partial charge is 0.396 e. The molecule has 0 fully saturated rings. The van der Waals surface area contributed by atoms with E-state index in [0.29, 0.717) is 29.7 Å². The third-order valence-electron chi connectivity index (χ3n) is 3.19. The van der Waals surface area contributed by atoms with Crippen LogP contribution in [0, 0.1) is 0 Å². The number of aliphatic hydroxyl groups is 1. The van der Waals surface area contributed by atoms with E-state index in [1.165, 1.54) is 0 Å². The number of nitrogens with one attached hydrogen (secondary N) is 2. The normalized spacial score (nSPS) is 12.7. The zero-order chi connectivity index (χ0) is 13.7. The van der Waals surface area contributed by atoms with Gasteiger partial charge in [-0.1, -0.05) is 19.1 Å². The Balaban J connectivity index is 2.15. The van der Waals surface area contributed by atoms with E-state index in [-0.39, 0.29) is 18.2 Å². The molecule has 0 bridgehead atoms. The molecule has 0 aliphatic rings. The van der Waals surface area contributed by atoms with Crippen LogP contribution in [-0.4, -0.2) is 27.7 Å². The third kappa shape index (κ3) is 3.39. The number of aliphatic hydroxyl groups excluding tert-OH is 1. The Morgan fingerprint density at radius 2 is 2.21 bits per heavy atom. The van der Waals surface area contributed by atoms with Gasteiger partial charge in [0.05, 0.1) is 17.4 Å². The van der Waals surface area contributed by atoms with E-state index in [9.17, 15) is 4.79 Å². The van der Waals surface area contributed by atoms with Crippen LogP contribution < -0.4 is 10.9 Å². The number of aromatic amines is 1. The topological polar surface area (TPSA) is 78.0 Å². The molecule has 102 valence electrons. The molecule has 2 aromatic rings. The number of hydrogen-bond acceptors (Lipinski definition) is 4. The first-order valence-electron chi connectivity index (χ1n) is 6.56. The second-order valence-electron chi connectivity index (χ2n) is 4.53. The maximum absolute atomic E-state index is 11.9. The first kappa shape index (κ1) is 13.7. The summed E-state index contributed by atoms with van der Waals surface area (Å²) >= 11 is 0. The highest BCUT2D eigenvalue weighted by Crippen LogP contribution is 2.06. The lowest BCUT2D eigenvalue weighted by Gasteiger charge is -2.15. The number of hydrogen-bond donors (Lipinski definition) is 3. The molecule has 0 amide bonds. The highest BCUT2D eigenvalue weighted by atomic mass is 16.3. The van der Waals surface area contributed by atoms with E-state index in [4.69, 9.17) is 5.11 Å². The van der Waals surface area contributed by atoms with Gasteiger partial charge in [-0.3, -0.25) is 4.79 Å². The Bertz CT molecular complexity index is 595. The Morgan fingerprint density at radius 1 is 1.42 bits per heavy atom. The summed E-state index contributed by atoms with van der Waals surface area (Å²) in [4.78, 5) is 19.1. The molecule has 0 aliphatic heterocycles. The minimum atomic E-state index is -0.113. The number of rotatable bonds is 6. The van der Waals surface area contributed by atoms with Crippen molar-refractivity contribution in [2.75, 3.05) is 6.61 Å². The summed E-state index contributed by atoms with van der Waals surface area (Å²) in [6.07, 6.45) is 1.63. The molecule has 0 aliphatic carbocycles. The summed E-state index contributed by atoms with van der Waals surface area (Å²) in [5.41, 5.74) is 0.593. The smallest absolute Gasteiger partial charge is 0.258 e. The van der Waals surface area contributed by atoms with Crippen molar-refractivity contribution in [3.05, 3.63) is 40.4 Å². The van der Waals surface area contributed by atoms with Gasteiger partial charge >= 0.3 is 0 Å². The molecule has 19 heavy (non-hydrogen) atoms. The molecule has 2 rings (SSSR count). The van der Waals surface area contributed by atoms with Crippen molar-refractivity contribution in [2.45, 2.75) is 32.4 Å². The van der Waals surface area contributed by atoms with Gasteiger partial charge < -0.3 is 15.4 Å². The van der Waals surface area contributed by atoms with Gasteiger partial charge in [0, 0.05) is 12.6 Å². The molecule has 3 N–H and O–H groups in total. The van der Waals surface area contributed by atoms with Gasteiger partial charge in [-0.15, -0.1) is 0 Å². The summed E-state index contributed by atoms with van der Waals surface area (Å²) in [5, 5.41) is 12.8. The predicted octanol–water partition coefficient (Wildman–Crippen LogP) is 1.17. The molecule has 1 unspecified atom stereocenters. The lowest BCUT2D eigenvalue weighted by molar-refractivity contribution is 0.261. The average molecular weight is 261 g/mol. The first-order valence-corrected chi connectivity index (χ1v) is 6.56. The van der Waals surface area contributed by atoms with Crippen molar-refractivity contribution in [1.29, 1.82) is 0 Å². The quantitative estimate of drug-likeness (QED) is 0.729. The van der Waals surface area contributed by atoms with Crippen molar-refractivity contribution < 1.29 is 5.11 Å². The number of para-hydroxylation sites is 1. The lowest BCUT2D eigenvalue weighted by Crippen LogP contribution is -2.30. The van der Waals surface area contributed by atoms with Crippen LogP contribution in [0.1, 0.15) is 25.6 Å². The van der Waals surface area contributed by atoms with E-state index in [1.807, 2.05) is 18.2 Å². The number of H-pyrrole nitrogens is 1. The Labute approximate surface area is 111 Å². The van der Waals surface area contributed by atoms with Crippen molar-refractivity contribution in [1.82, 2.24) is 15.3 Å². The minimum Gasteiger partial charge on any atom is -0.396 e. The van der Waals surface area contributed by atoms with Crippen molar-refractivity contribution in [3.63, 3.8) is 0 Å². The Morgan fingerprint density at radius 3 is 2.95 bits per heavy atom. The van der Waals surface area contributed by atoms with E-state index in [1.54, 1.807) is 6.07 Å². The molecule has 0 saturated heterocycles. The highest BCUT2D eigenvalue weighted by molar-refractivity contribution is 5.77. The number of benzene rings is 1. The zero-order valence-corrected chi connectivity index (χ0v) is 11.0. The maximum Gasteiger partial charge on any atom is 0.258 e. The van der Waals surface area contributed by atoms with Crippen molar-refractivity contribution in [2.24, 2.45) is 0 Å². The van der Waals surface area contributed by atoms with Gasteiger partial charge in [-0.2, -0.15) is 0 Å². The van der Waals surface area contributed by atoms with E-state index in [2.05, 4.69) is 22.2 Å². The molecule has 0 radical (unpaired) electrons. The fourth-order valence-corrected chi connectivity index (χ4v) is 2.07. The summed E-state index contributed by atoms with van der Waals surface area (Å²) in [6.45, 7) is 2.72. The maximum atomic E-state index is 11.9. The molecule has 1 aromatic heterocycles. The predicted molar refractivity (Wildman–Crippen MR) is 75.0 cm³/mol. The molecule has 5 nitrogen and oxygen atoms in total. The molecular weight excluding hydrogens is 242 g/mol. The monoisotopic (exact) mass is 261 g/mol. The SMILES string of the molecule is CCC(CCO)NCc1nc2ccccc2c(=O)[nH]1. The minimum absolute atomic E-state index is 0.113. The van der Waals surface area contributed by atoms with Crippen LogP contribution >= 0.6 is 0 Å². The number of nitrogens with zero attached hydrogens (tertiary/aromatic N) is 1. The van der Waals surface area contributed by atoms with Crippen LogP contribution in [0.2, 0.25) is 0 Å². The van der Waals surface area contributed by atoms with Gasteiger partial charge in [0.1, 0.15) is 5.82 Å². The third-order valence-corrected chi connectivity index (χ3v) is 3.19. The van der Waals surface area contributed by atoms with Crippen LogP contribution in [0.3, 0.4) is 0 Å². The van der Waals surface area contributed by atoms with Gasteiger partial charge in [0.15, 0.2) is 0 Å². The van der Waals surface area contributed by atoms with Crippen LogP contribution in [0.5, 0.6) is 0 Å². The van der Waals surface area contributed by atoms with Crippen LogP contribution in [0.4, 0.5) is 0 Å². The van der Waals surface area contributed by atoms with Gasteiger partial charge in [-0.05, 0) is 25.0 Å². The van der Waals surface area contributed by atoms with Crippen LogP contribution in [0.15, 0.2) is 29.1 Å². The molecular formula is C14H19N3O2. The van der Waals surface area contributed by atoms with Gasteiger partial charge in [0.2, 0.25) is 0 Å². The first-order chi connectivity index (χ1) is 9.24. The summed E-state index contributed by atoms with van der Waals surface area (Å²) in [7, 11) is 0. The fourth-order valence-electron chi connectivity index (χ4n) is 2.07. The molecule has 1 heterocycles. The average Bonchev–Trinajstić information content (AvgIpc) is 2.43. The van der Waals surface area contributed by atoms with Crippen molar-refractivity contribution >= 4 is 10.9 Å². The molecule has 0 saturated carbocycles. The number of aromatic nitrogens is 2. The molecule has 5 heteroatoms. The highest BCUT2D eigenvalue weighted by Gasteiger charge is 2.07. The van der Waals surface area contributed by atoms with Crippen LogP contribution in [0.25, 0.3) is 10.9 Å². The molecule has 1 aromatic carbocycles. The Hall–Kier alpha value is -1.72. The second-order valence-corrected chi connectivity index (χ2v) is 4.53. The second kappa shape index (κ2) is 6.45. The summed E-state index contributed by atoms with van der Waals surface area (Å²) < 4.78 is 0. The lowest BCUT2D eigenvalue weighted by atomic mass is 10.1. The van der Waals surface area contributed by atoms with E-state index < -0.39 is 0 Å². The summed E-state index contributed by atoms with van der Waals surface area (Å²) in [6, 6.07) is 7.53. The summed E-state index contributed by atoms with van der Waals surface area (Å²) in [5.74, 6) is 0.625. The van der Waals surface area contributed by atoms with E-state index in [0.717, 1.165) is 6.42 Å². The van der Waals surface area contributed by atoms with Crippen LogP contribution in [-0.2, 0) is 6.54 Å². The number of fused-ring (bicyclic) bond motifs is 1. The van der Waals surface area contributed by atoms with Gasteiger partial charge in [0.25, 0.3) is 5.56 Å². The standard InChI is InChI=1S/C14H19N3O2/c1-2-10(7-8-18)15-9-13-16-12-6-4-3-5-11(12)14(19)17-13/h3-6,10,15,18H,2,7-9H2,1H3,(H,16,17,19). The molecule has 0 spiro atoms. The van der Waals surface area contributed by atoms with Gasteiger partial charge in [-0.25, -0.2) is 4.98 Å². The molecule has 1 atom stereocenters. The Kier molecular flexibility index (Phi) is 4.65. The zero-order valence-electron chi connectivity index (χ0n) is 11.0. The fraction of sp³-hybridized carbons (Fsp3) is 0.429. The van der Waals surface area contributed by atoms with E-state index >= 15 is 0 Å².